The first-order valence-corrected chi connectivity index (χ1v) is 7.40. The van der Waals surface area contributed by atoms with Crippen molar-refractivity contribution in [3.63, 3.8) is 0 Å². The Balaban J connectivity index is 2.13. The summed E-state index contributed by atoms with van der Waals surface area (Å²) >= 11 is 1.85. The van der Waals surface area contributed by atoms with E-state index in [-0.39, 0.29) is 0 Å². The van der Waals surface area contributed by atoms with E-state index in [9.17, 15) is 0 Å². The molecule has 19 heavy (non-hydrogen) atoms. The Bertz CT molecular complexity index is 510. The van der Waals surface area contributed by atoms with Crippen LogP contribution < -0.4 is 10.5 Å². The number of methoxy groups -OCH3 is 1. The van der Waals surface area contributed by atoms with Gasteiger partial charge in [0.15, 0.2) is 0 Å². The Kier molecular flexibility index (Phi) is 5.31. The molecule has 3 heteroatoms. The van der Waals surface area contributed by atoms with E-state index >= 15 is 0 Å². The summed E-state index contributed by atoms with van der Waals surface area (Å²) in [5, 5.41) is 0. The van der Waals surface area contributed by atoms with Gasteiger partial charge in [0.2, 0.25) is 0 Å². The number of hydrogen-bond acceptors (Lipinski definition) is 3. The third kappa shape index (κ3) is 3.75. The summed E-state index contributed by atoms with van der Waals surface area (Å²) in [7, 11) is 1.70. The van der Waals surface area contributed by atoms with Gasteiger partial charge in [-0.2, -0.15) is 0 Å². The van der Waals surface area contributed by atoms with Crippen LogP contribution in [0.4, 0.5) is 0 Å². The molecule has 2 nitrogen and oxygen atoms in total. The molecule has 0 saturated carbocycles. The molecule has 0 aliphatic rings. The molecule has 0 aliphatic carbocycles. The van der Waals surface area contributed by atoms with Crippen LogP contribution in [0, 0.1) is 0 Å². The van der Waals surface area contributed by atoms with Gasteiger partial charge in [0.25, 0.3) is 0 Å². The Morgan fingerprint density at radius 3 is 2.47 bits per heavy atom. The van der Waals surface area contributed by atoms with Gasteiger partial charge in [-0.1, -0.05) is 30.3 Å². The zero-order chi connectivity index (χ0) is 13.5. The Labute approximate surface area is 119 Å². The highest BCUT2D eigenvalue weighted by Crippen LogP contribution is 2.31. The van der Waals surface area contributed by atoms with Crippen LogP contribution in [0.3, 0.4) is 0 Å². The van der Waals surface area contributed by atoms with Crippen molar-refractivity contribution in [2.24, 2.45) is 5.73 Å². The van der Waals surface area contributed by atoms with Crippen LogP contribution in [0.5, 0.6) is 5.75 Å². The molecule has 2 aromatic rings. The monoisotopic (exact) mass is 273 g/mol. The largest absolute Gasteiger partial charge is 0.496 e. The lowest BCUT2D eigenvalue weighted by Gasteiger charge is -2.09. The maximum Gasteiger partial charge on any atom is 0.126 e. The van der Waals surface area contributed by atoms with Crippen LogP contribution in [0.25, 0.3) is 11.1 Å². The van der Waals surface area contributed by atoms with Gasteiger partial charge in [0.05, 0.1) is 7.11 Å². The molecule has 0 bridgehead atoms. The summed E-state index contributed by atoms with van der Waals surface area (Å²) in [6, 6.07) is 16.7. The average Bonchev–Trinajstić information content (AvgIpc) is 2.48. The van der Waals surface area contributed by atoms with Gasteiger partial charge in [-0.05, 0) is 42.5 Å². The lowest BCUT2D eigenvalue weighted by molar-refractivity contribution is 0.416. The van der Waals surface area contributed by atoms with Crippen LogP contribution in [-0.4, -0.2) is 19.4 Å². The number of hydrogen-bond donors (Lipinski definition) is 1. The van der Waals surface area contributed by atoms with Crippen molar-refractivity contribution in [1.82, 2.24) is 0 Å². The van der Waals surface area contributed by atoms with E-state index < -0.39 is 0 Å². The predicted molar refractivity (Wildman–Crippen MR) is 82.8 cm³/mol. The highest BCUT2D eigenvalue weighted by atomic mass is 32.2. The molecular formula is C16H19NOS. The molecule has 0 fully saturated rings. The van der Waals surface area contributed by atoms with Crippen LogP contribution in [0.1, 0.15) is 6.42 Å². The maximum absolute atomic E-state index is 5.50. The molecule has 0 radical (unpaired) electrons. The third-order valence-corrected chi connectivity index (χ3v) is 3.99. The quantitative estimate of drug-likeness (QED) is 0.642. The molecule has 100 valence electrons. The lowest BCUT2D eigenvalue weighted by Crippen LogP contribution is -1.99. The van der Waals surface area contributed by atoms with Crippen molar-refractivity contribution >= 4 is 11.8 Å². The summed E-state index contributed by atoms with van der Waals surface area (Å²) in [6.07, 6.45) is 1.05. The molecule has 2 N–H and O–H groups in total. The Morgan fingerprint density at radius 1 is 1.05 bits per heavy atom. The molecule has 0 heterocycles. The molecule has 2 rings (SSSR count). The maximum atomic E-state index is 5.50. The van der Waals surface area contributed by atoms with Gasteiger partial charge in [0.1, 0.15) is 5.75 Å². The SMILES string of the molecule is COc1ccccc1-c1ccc(SCCCN)cc1. The molecule has 0 spiro atoms. The second kappa shape index (κ2) is 7.22. The lowest BCUT2D eigenvalue weighted by atomic mass is 10.1. The first-order chi connectivity index (χ1) is 9.35. The minimum absolute atomic E-state index is 0.756. The highest BCUT2D eigenvalue weighted by molar-refractivity contribution is 7.99. The number of ether oxygens (including phenoxy) is 1. The average molecular weight is 273 g/mol. The topological polar surface area (TPSA) is 35.2 Å². The van der Waals surface area contributed by atoms with E-state index in [0.29, 0.717) is 0 Å². The fourth-order valence-corrected chi connectivity index (χ4v) is 2.76. The normalized spacial score (nSPS) is 10.4. The molecule has 0 atom stereocenters. The highest BCUT2D eigenvalue weighted by Gasteiger charge is 2.04. The van der Waals surface area contributed by atoms with E-state index in [2.05, 4.69) is 30.3 Å². The number of thioether (sulfide) groups is 1. The molecule has 0 amide bonds. The van der Waals surface area contributed by atoms with E-state index in [1.54, 1.807) is 7.11 Å². The predicted octanol–water partition coefficient (Wildman–Crippen LogP) is 3.80. The Hall–Kier alpha value is -1.45. The zero-order valence-electron chi connectivity index (χ0n) is 11.1. The summed E-state index contributed by atoms with van der Waals surface area (Å²) in [5.74, 6) is 1.98. The summed E-state index contributed by atoms with van der Waals surface area (Å²) in [5.41, 5.74) is 7.81. The van der Waals surface area contributed by atoms with Gasteiger partial charge in [-0.25, -0.2) is 0 Å². The van der Waals surface area contributed by atoms with Crippen molar-refractivity contribution in [3.05, 3.63) is 48.5 Å². The summed E-state index contributed by atoms with van der Waals surface area (Å²) < 4.78 is 5.39. The molecule has 2 aromatic carbocycles. The Morgan fingerprint density at radius 2 is 1.79 bits per heavy atom. The smallest absolute Gasteiger partial charge is 0.126 e. The minimum Gasteiger partial charge on any atom is -0.496 e. The molecular weight excluding hydrogens is 254 g/mol. The fourth-order valence-electron chi connectivity index (χ4n) is 1.89. The minimum atomic E-state index is 0.756. The molecule has 0 aliphatic heterocycles. The van der Waals surface area contributed by atoms with Crippen molar-refractivity contribution < 1.29 is 4.74 Å². The van der Waals surface area contributed by atoms with Crippen molar-refractivity contribution in [2.45, 2.75) is 11.3 Å². The molecule has 0 unspecified atom stereocenters. The standard InChI is InChI=1S/C16H19NOS/c1-18-16-6-3-2-5-15(16)13-7-9-14(10-8-13)19-12-4-11-17/h2-3,5-10H,4,11-12,17H2,1H3. The van der Waals surface area contributed by atoms with Crippen LogP contribution >= 0.6 is 11.8 Å². The van der Waals surface area contributed by atoms with Crippen molar-refractivity contribution in [1.29, 1.82) is 0 Å². The van der Waals surface area contributed by atoms with E-state index in [4.69, 9.17) is 10.5 Å². The molecule has 0 saturated heterocycles. The van der Waals surface area contributed by atoms with Gasteiger partial charge in [-0.3, -0.25) is 0 Å². The summed E-state index contributed by atoms with van der Waals surface area (Å²) in [4.78, 5) is 1.28. The summed E-state index contributed by atoms with van der Waals surface area (Å²) in [6.45, 7) is 0.756. The first-order valence-electron chi connectivity index (χ1n) is 6.41. The fraction of sp³-hybridized carbons (Fsp3) is 0.250. The number of rotatable bonds is 6. The molecule has 0 aromatic heterocycles. The van der Waals surface area contributed by atoms with E-state index in [1.165, 1.54) is 10.5 Å². The van der Waals surface area contributed by atoms with Gasteiger partial charge < -0.3 is 10.5 Å². The van der Waals surface area contributed by atoms with Crippen molar-refractivity contribution in [2.75, 3.05) is 19.4 Å². The first kappa shape index (κ1) is 14.0. The van der Waals surface area contributed by atoms with Gasteiger partial charge >= 0.3 is 0 Å². The second-order valence-corrected chi connectivity index (χ2v) is 5.38. The van der Waals surface area contributed by atoms with Crippen LogP contribution in [0.15, 0.2) is 53.4 Å². The zero-order valence-corrected chi connectivity index (χ0v) is 12.0. The van der Waals surface area contributed by atoms with E-state index in [1.807, 2.05) is 30.0 Å². The third-order valence-electron chi connectivity index (χ3n) is 2.89. The second-order valence-electron chi connectivity index (χ2n) is 4.22. The van der Waals surface area contributed by atoms with E-state index in [0.717, 1.165) is 30.0 Å². The van der Waals surface area contributed by atoms with Gasteiger partial charge in [-0.15, -0.1) is 11.8 Å². The van der Waals surface area contributed by atoms with Gasteiger partial charge in [0, 0.05) is 10.5 Å². The van der Waals surface area contributed by atoms with Crippen LogP contribution in [0.2, 0.25) is 0 Å². The number of para-hydroxylation sites is 1. The van der Waals surface area contributed by atoms with Crippen LogP contribution in [-0.2, 0) is 0 Å². The number of nitrogens with two attached hydrogens (primary N) is 1. The number of benzene rings is 2. The van der Waals surface area contributed by atoms with Crippen molar-refractivity contribution in [3.8, 4) is 16.9 Å².